The lowest BCUT2D eigenvalue weighted by Gasteiger charge is -2.04. The van der Waals surface area contributed by atoms with Crippen LogP contribution in [-0.2, 0) is 0 Å². The molecule has 0 bridgehead atoms. The van der Waals surface area contributed by atoms with E-state index in [2.05, 4.69) is 0 Å². The third kappa shape index (κ3) is 1.72. The van der Waals surface area contributed by atoms with Crippen LogP contribution in [0.3, 0.4) is 0 Å². The van der Waals surface area contributed by atoms with Crippen LogP contribution in [0.2, 0.25) is 0 Å². The summed E-state index contributed by atoms with van der Waals surface area (Å²) in [6.07, 6.45) is 0. The molecule has 62 valence electrons. The van der Waals surface area contributed by atoms with E-state index in [0.29, 0.717) is 0 Å². The smallest absolute Gasteiger partial charge is 0.138 e. The van der Waals surface area contributed by atoms with E-state index in [-0.39, 0.29) is 0 Å². The van der Waals surface area contributed by atoms with Crippen LogP contribution in [0.15, 0.2) is 17.0 Å². The fraction of sp³-hybridized carbons (Fsp3) is 0.222. The van der Waals surface area contributed by atoms with Gasteiger partial charge in [0.25, 0.3) is 0 Å². The molecule has 0 unspecified atom stereocenters. The van der Waals surface area contributed by atoms with Crippen molar-refractivity contribution >= 4 is 17.4 Å². The first kappa shape index (κ1) is 8.95. The lowest BCUT2D eigenvalue weighted by Crippen LogP contribution is -1.91. The Morgan fingerprint density at radius 2 is 2.00 bits per heavy atom. The molecule has 0 saturated heterocycles. The van der Waals surface area contributed by atoms with Gasteiger partial charge in [-0.2, -0.15) is 5.26 Å². The Hall–Kier alpha value is -1.14. The number of nitrogen functional groups attached to an aromatic ring is 1. The molecule has 1 aromatic carbocycles. The van der Waals surface area contributed by atoms with Crippen LogP contribution in [0.1, 0.15) is 11.1 Å². The average molecular weight is 178 g/mol. The van der Waals surface area contributed by atoms with Crippen molar-refractivity contribution in [3.63, 3.8) is 0 Å². The summed E-state index contributed by atoms with van der Waals surface area (Å²) in [6, 6.07) is 3.84. The van der Waals surface area contributed by atoms with Crippen LogP contribution in [0.5, 0.6) is 0 Å². The molecule has 3 heteroatoms. The molecular weight excluding hydrogens is 168 g/mol. The third-order valence-electron chi connectivity index (χ3n) is 1.72. The molecule has 0 aliphatic carbocycles. The van der Waals surface area contributed by atoms with Gasteiger partial charge in [0.2, 0.25) is 0 Å². The van der Waals surface area contributed by atoms with Gasteiger partial charge < -0.3 is 5.73 Å². The predicted molar refractivity (Wildman–Crippen MR) is 51.8 cm³/mol. The van der Waals surface area contributed by atoms with Crippen molar-refractivity contribution in [2.24, 2.45) is 0 Å². The molecule has 0 amide bonds. The molecule has 0 heterocycles. The lowest BCUT2D eigenvalue weighted by atomic mass is 10.1. The second kappa shape index (κ2) is 3.51. The third-order valence-corrected chi connectivity index (χ3v) is 2.47. The number of hydrogen-bond donors (Lipinski definition) is 1. The maximum Gasteiger partial charge on any atom is 0.138 e. The van der Waals surface area contributed by atoms with Crippen LogP contribution in [0, 0.1) is 24.5 Å². The van der Waals surface area contributed by atoms with E-state index in [0.717, 1.165) is 21.7 Å². The number of nitrogens with zero attached hydrogens (tertiary/aromatic N) is 1. The van der Waals surface area contributed by atoms with Gasteiger partial charge in [-0.05, 0) is 48.9 Å². The van der Waals surface area contributed by atoms with E-state index in [1.165, 1.54) is 11.8 Å². The topological polar surface area (TPSA) is 49.8 Å². The summed E-state index contributed by atoms with van der Waals surface area (Å²) < 4.78 is 0. The van der Waals surface area contributed by atoms with Crippen LogP contribution < -0.4 is 5.73 Å². The minimum Gasteiger partial charge on any atom is -0.399 e. The molecule has 0 saturated carbocycles. The first-order chi connectivity index (χ1) is 5.65. The molecule has 0 aliphatic heterocycles. The maximum absolute atomic E-state index is 8.49. The van der Waals surface area contributed by atoms with E-state index >= 15 is 0 Å². The summed E-state index contributed by atoms with van der Waals surface area (Å²) in [6.45, 7) is 3.89. The lowest BCUT2D eigenvalue weighted by molar-refractivity contribution is 1.27. The zero-order valence-electron chi connectivity index (χ0n) is 7.09. The van der Waals surface area contributed by atoms with Gasteiger partial charge in [0.1, 0.15) is 5.40 Å². The van der Waals surface area contributed by atoms with Crippen LogP contribution in [-0.4, -0.2) is 0 Å². The van der Waals surface area contributed by atoms with Crippen molar-refractivity contribution in [3.05, 3.63) is 23.3 Å². The summed E-state index contributed by atoms with van der Waals surface area (Å²) >= 11 is 1.17. The van der Waals surface area contributed by atoms with Gasteiger partial charge in [-0.3, -0.25) is 0 Å². The minimum atomic E-state index is 0.787. The molecule has 0 aromatic heterocycles. The summed E-state index contributed by atoms with van der Waals surface area (Å²) in [5, 5.41) is 10.5. The Kier molecular flexibility index (Phi) is 2.61. The normalized spacial score (nSPS) is 9.42. The summed E-state index contributed by atoms with van der Waals surface area (Å²) in [5.41, 5.74) is 8.57. The summed E-state index contributed by atoms with van der Waals surface area (Å²) in [7, 11) is 0. The van der Waals surface area contributed by atoms with E-state index < -0.39 is 0 Å². The molecule has 2 N–H and O–H groups in total. The number of thioether (sulfide) groups is 1. The van der Waals surface area contributed by atoms with Gasteiger partial charge in [-0.15, -0.1) is 0 Å². The van der Waals surface area contributed by atoms with Crippen molar-refractivity contribution in [2.45, 2.75) is 18.7 Å². The van der Waals surface area contributed by atoms with Gasteiger partial charge in [0.05, 0.1) is 0 Å². The van der Waals surface area contributed by atoms with Crippen molar-refractivity contribution in [3.8, 4) is 5.40 Å². The molecule has 12 heavy (non-hydrogen) atoms. The Bertz CT molecular complexity index is 339. The molecule has 1 aromatic rings. The highest BCUT2D eigenvalue weighted by atomic mass is 32.2. The zero-order chi connectivity index (χ0) is 9.14. The van der Waals surface area contributed by atoms with Crippen molar-refractivity contribution < 1.29 is 0 Å². The monoisotopic (exact) mass is 178 g/mol. The predicted octanol–water partition coefficient (Wildman–Crippen LogP) is 2.46. The summed E-state index contributed by atoms with van der Waals surface area (Å²) in [4.78, 5) is 0.990. The maximum atomic E-state index is 8.49. The number of rotatable bonds is 1. The molecule has 0 fully saturated rings. The second-order valence-electron chi connectivity index (χ2n) is 2.67. The van der Waals surface area contributed by atoms with Gasteiger partial charge in [0, 0.05) is 10.6 Å². The number of anilines is 1. The van der Waals surface area contributed by atoms with E-state index in [9.17, 15) is 0 Å². The fourth-order valence-corrected chi connectivity index (χ4v) is 1.53. The molecule has 2 nitrogen and oxygen atoms in total. The Labute approximate surface area is 76.4 Å². The number of aryl methyl sites for hydroxylation is 2. The SMILES string of the molecule is Cc1cc(SC#N)c(C)cc1N. The fourth-order valence-electron chi connectivity index (χ4n) is 0.971. The average Bonchev–Trinajstić information content (AvgIpc) is 2.01. The minimum absolute atomic E-state index is 0.787. The van der Waals surface area contributed by atoms with Gasteiger partial charge in [0.15, 0.2) is 0 Å². The number of thiocyanates is 1. The van der Waals surface area contributed by atoms with E-state index in [1.807, 2.05) is 31.4 Å². The first-order valence-electron chi connectivity index (χ1n) is 3.58. The highest BCUT2D eigenvalue weighted by Crippen LogP contribution is 2.25. The van der Waals surface area contributed by atoms with Crippen LogP contribution in [0.25, 0.3) is 0 Å². The quantitative estimate of drug-likeness (QED) is 0.408. The van der Waals surface area contributed by atoms with Crippen molar-refractivity contribution in [1.82, 2.24) is 0 Å². The summed E-state index contributed by atoms with van der Waals surface area (Å²) in [5.74, 6) is 0. The van der Waals surface area contributed by atoms with E-state index in [4.69, 9.17) is 11.0 Å². The van der Waals surface area contributed by atoms with Gasteiger partial charge in [-0.25, -0.2) is 0 Å². The van der Waals surface area contributed by atoms with Gasteiger partial charge >= 0.3 is 0 Å². The number of nitrogens with two attached hydrogens (primary N) is 1. The molecule has 0 aliphatic rings. The standard InChI is InChI=1S/C9H10N2S/c1-6-4-9(12-5-10)7(2)3-8(6)11/h3-4H,11H2,1-2H3. The number of hydrogen-bond acceptors (Lipinski definition) is 3. The highest BCUT2D eigenvalue weighted by molar-refractivity contribution is 8.03. The van der Waals surface area contributed by atoms with Crippen LogP contribution in [0.4, 0.5) is 5.69 Å². The van der Waals surface area contributed by atoms with Crippen molar-refractivity contribution in [1.29, 1.82) is 5.26 Å². The molecule has 1 rings (SSSR count). The molecular formula is C9H10N2S. The van der Waals surface area contributed by atoms with Crippen LogP contribution >= 0.6 is 11.8 Å². The van der Waals surface area contributed by atoms with Crippen molar-refractivity contribution in [2.75, 3.05) is 5.73 Å². The van der Waals surface area contributed by atoms with Gasteiger partial charge in [-0.1, -0.05) is 0 Å². The number of benzene rings is 1. The molecule has 0 spiro atoms. The second-order valence-corrected chi connectivity index (χ2v) is 3.49. The Morgan fingerprint density at radius 3 is 2.58 bits per heavy atom. The largest absolute Gasteiger partial charge is 0.399 e. The number of nitriles is 1. The molecule has 0 atom stereocenters. The molecule has 0 radical (unpaired) electrons. The first-order valence-corrected chi connectivity index (χ1v) is 4.39. The van der Waals surface area contributed by atoms with E-state index in [1.54, 1.807) is 0 Å². The Balaban J connectivity index is 3.16. The zero-order valence-corrected chi connectivity index (χ0v) is 7.90. The Morgan fingerprint density at radius 1 is 1.33 bits per heavy atom. The highest BCUT2D eigenvalue weighted by Gasteiger charge is 2.01.